The number of hydrogen-bond donors (Lipinski definition) is 2. The second-order valence-corrected chi connectivity index (χ2v) is 9.07. The number of anilines is 2. The molecule has 4 aromatic rings. The summed E-state index contributed by atoms with van der Waals surface area (Å²) >= 11 is 6.02. The summed E-state index contributed by atoms with van der Waals surface area (Å²) < 4.78 is 32.7. The number of halogens is 1. The van der Waals surface area contributed by atoms with Crippen LogP contribution in [0.15, 0.2) is 99.0 Å². The third-order valence-electron chi connectivity index (χ3n) is 4.62. The zero-order valence-electron chi connectivity index (χ0n) is 17.0. The third-order valence-corrected chi connectivity index (χ3v) is 6.33. The highest BCUT2D eigenvalue weighted by atomic mass is 35.5. The zero-order valence-corrected chi connectivity index (χ0v) is 18.6. The molecule has 1 heterocycles. The molecule has 0 aliphatic heterocycles. The van der Waals surface area contributed by atoms with Crippen LogP contribution in [0.3, 0.4) is 0 Å². The van der Waals surface area contributed by atoms with Crippen LogP contribution in [0.25, 0.3) is 17.0 Å². The van der Waals surface area contributed by atoms with Gasteiger partial charge in [0.1, 0.15) is 5.58 Å². The third kappa shape index (κ3) is 5.49. The summed E-state index contributed by atoms with van der Waals surface area (Å²) in [5, 5.41) is 3.70. The van der Waals surface area contributed by atoms with Crippen LogP contribution < -0.4 is 15.7 Å². The van der Waals surface area contributed by atoms with E-state index in [1.165, 1.54) is 24.3 Å². The van der Waals surface area contributed by atoms with Gasteiger partial charge in [-0.2, -0.15) is 0 Å². The fourth-order valence-electron chi connectivity index (χ4n) is 3.01. The Morgan fingerprint density at radius 2 is 1.70 bits per heavy atom. The van der Waals surface area contributed by atoms with E-state index >= 15 is 0 Å². The van der Waals surface area contributed by atoms with Crippen LogP contribution in [0.1, 0.15) is 5.56 Å². The molecule has 166 valence electrons. The van der Waals surface area contributed by atoms with Crippen molar-refractivity contribution in [3.05, 3.63) is 106 Å². The van der Waals surface area contributed by atoms with Gasteiger partial charge in [-0.25, -0.2) is 13.2 Å². The van der Waals surface area contributed by atoms with E-state index in [-0.39, 0.29) is 16.5 Å². The number of sulfonamides is 1. The summed E-state index contributed by atoms with van der Waals surface area (Å²) in [4.78, 5) is 23.6. The van der Waals surface area contributed by atoms with Crippen molar-refractivity contribution in [1.29, 1.82) is 0 Å². The van der Waals surface area contributed by atoms with Gasteiger partial charge in [-0.1, -0.05) is 35.9 Å². The zero-order chi connectivity index (χ0) is 23.4. The summed E-state index contributed by atoms with van der Waals surface area (Å²) in [5.74, 6) is -0.371. The number of rotatable bonds is 6. The Hall–Kier alpha value is -3.88. The number of nitrogens with one attached hydrogen (secondary N) is 2. The van der Waals surface area contributed by atoms with Crippen LogP contribution in [0, 0.1) is 0 Å². The van der Waals surface area contributed by atoms with Gasteiger partial charge in [0.2, 0.25) is 5.91 Å². The second-order valence-electron chi connectivity index (χ2n) is 6.98. The summed E-state index contributed by atoms with van der Waals surface area (Å²) in [7, 11) is -3.81. The average molecular weight is 481 g/mol. The van der Waals surface area contributed by atoms with Gasteiger partial charge in [0, 0.05) is 23.2 Å². The minimum Gasteiger partial charge on any atom is -0.423 e. The minimum absolute atomic E-state index is 0.0619. The van der Waals surface area contributed by atoms with Crippen molar-refractivity contribution in [2.75, 3.05) is 10.0 Å². The van der Waals surface area contributed by atoms with E-state index in [4.69, 9.17) is 16.0 Å². The molecule has 0 saturated carbocycles. The van der Waals surface area contributed by atoms with Crippen LogP contribution in [0.4, 0.5) is 11.4 Å². The predicted octanol–water partition coefficient (Wildman–Crippen LogP) is 4.90. The van der Waals surface area contributed by atoms with Gasteiger partial charge in [0.15, 0.2) is 0 Å². The van der Waals surface area contributed by atoms with E-state index in [1.54, 1.807) is 66.7 Å². The largest absolute Gasteiger partial charge is 0.423 e. The van der Waals surface area contributed by atoms with Crippen molar-refractivity contribution in [3.8, 4) is 0 Å². The molecular formula is C24H17ClN2O5S. The summed E-state index contributed by atoms with van der Waals surface area (Å²) in [5.41, 5.74) is 1.45. The lowest BCUT2D eigenvalue weighted by atomic mass is 10.2. The highest BCUT2D eigenvalue weighted by Gasteiger charge is 2.15. The molecule has 0 saturated heterocycles. The lowest BCUT2D eigenvalue weighted by molar-refractivity contribution is -0.111. The molecule has 0 aliphatic rings. The SMILES string of the molecule is O=C(/C=C/c1ccc(S(=O)(=O)Nc2ccccc2Cl)cc1)Nc1ccc2oc(=O)ccc2c1. The normalized spacial score (nSPS) is 11.5. The van der Waals surface area contributed by atoms with Gasteiger partial charge in [0.25, 0.3) is 10.0 Å². The van der Waals surface area contributed by atoms with Gasteiger partial charge in [-0.05, 0) is 60.2 Å². The number of para-hydroxylation sites is 1. The second kappa shape index (κ2) is 9.32. The van der Waals surface area contributed by atoms with Gasteiger partial charge < -0.3 is 9.73 Å². The van der Waals surface area contributed by atoms with Crippen LogP contribution in [0.5, 0.6) is 0 Å². The van der Waals surface area contributed by atoms with Crippen LogP contribution >= 0.6 is 11.6 Å². The maximum Gasteiger partial charge on any atom is 0.336 e. The number of fused-ring (bicyclic) bond motifs is 1. The van der Waals surface area contributed by atoms with Crippen molar-refractivity contribution in [1.82, 2.24) is 0 Å². The molecule has 0 bridgehead atoms. The maximum atomic E-state index is 12.6. The molecule has 0 fully saturated rings. The molecule has 1 amide bonds. The average Bonchev–Trinajstić information content (AvgIpc) is 2.79. The molecule has 0 unspecified atom stereocenters. The number of carbonyl (C=O) groups excluding carboxylic acids is 1. The first-order valence-corrected chi connectivity index (χ1v) is 11.6. The molecule has 0 atom stereocenters. The molecule has 7 nitrogen and oxygen atoms in total. The molecule has 4 rings (SSSR count). The van der Waals surface area contributed by atoms with Crippen LogP contribution in [-0.2, 0) is 14.8 Å². The molecule has 0 spiro atoms. The quantitative estimate of drug-likeness (QED) is 0.301. The topological polar surface area (TPSA) is 105 Å². The fourth-order valence-corrected chi connectivity index (χ4v) is 4.33. The van der Waals surface area contributed by atoms with Crippen molar-refractivity contribution >= 4 is 56.0 Å². The van der Waals surface area contributed by atoms with Crippen molar-refractivity contribution in [2.45, 2.75) is 4.90 Å². The number of benzene rings is 3. The Bertz CT molecular complexity index is 1530. The summed E-state index contributed by atoms with van der Waals surface area (Å²) in [6, 6.07) is 20.4. The molecule has 0 radical (unpaired) electrons. The number of amides is 1. The van der Waals surface area contributed by atoms with Gasteiger partial charge in [0.05, 0.1) is 15.6 Å². The molecule has 3 aromatic carbocycles. The first kappa shape index (κ1) is 22.3. The van der Waals surface area contributed by atoms with Crippen molar-refractivity contribution < 1.29 is 17.6 Å². The summed E-state index contributed by atoms with van der Waals surface area (Å²) in [6.07, 6.45) is 2.90. The minimum atomic E-state index is -3.81. The Kier molecular flexibility index (Phi) is 6.30. The molecule has 33 heavy (non-hydrogen) atoms. The smallest absolute Gasteiger partial charge is 0.336 e. The first-order chi connectivity index (χ1) is 15.8. The maximum absolute atomic E-state index is 12.6. The van der Waals surface area contributed by atoms with Gasteiger partial charge in [-0.15, -0.1) is 0 Å². The fraction of sp³-hybridized carbons (Fsp3) is 0. The summed E-state index contributed by atoms with van der Waals surface area (Å²) in [6.45, 7) is 0. The van der Waals surface area contributed by atoms with E-state index in [9.17, 15) is 18.0 Å². The van der Waals surface area contributed by atoms with E-state index in [1.807, 2.05) is 0 Å². The first-order valence-electron chi connectivity index (χ1n) is 9.71. The predicted molar refractivity (Wildman–Crippen MR) is 129 cm³/mol. The Morgan fingerprint density at radius 3 is 2.45 bits per heavy atom. The van der Waals surface area contributed by atoms with Crippen molar-refractivity contribution in [3.63, 3.8) is 0 Å². The van der Waals surface area contributed by atoms with Gasteiger partial charge in [-0.3, -0.25) is 9.52 Å². The van der Waals surface area contributed by atoms with Crippen LogP contribution in [-0.4, -0.2) is 14.3 Å². The molecule has 1 aromatic heterocycles. The lowest BCUT2D eigenvalue weighted by Crippen LogP contribution is -2.13. The van der Waals surface area contributed by atoms with E-state index in [0.29, 0.717) is 27.2 Å². The molecular weight excluding hydrogens is 464 g/mol. The molecule has 9 heteroatoms. The Labute approximate surface area is 194 Å². The highest BCUT2D eigenvalue weighted by molar-refractivity contribution is 7.92. The van der Waals surface area contributed by atoms with E-state index < -0.39 is 15.6 Å². The van der Waals surface area contributed by atoms with Gasteiger partial charge >= 0.3 is 5.63 Å². The van der Waals surface area contributed by atoms with E-state index in [0.717, 1.165) is 0 Å². The molecule has 0 aliphatic carbocycles. The number of carbonyl (C=O) groups is 1. The van der Waals surface area contributed by atoms with E-state index in [2.05, 4.69) is 10.0 Å². The highest BCUT2D eigenvalue weighted by Crippen LogP contribution is 2.24. The Balaban J connectivity index is 1.42. The van der Waals surface area contributed by atoms with Crippen molar-refractivity contribution in [2.24, 2.45) is 0 Å². The number of hydrogen-bond acceptors (Lipinski definition) is 5. The molecule has 2 N–H and O–H groups in total. The Morgan fingerprint density at radius 1 is 0.939 bits per heavy atom. The lowest BCUT2D eigenvalue weighted by Gasteiger charge is -2.09. The standard InChI is InChI=1S/C24H17ClN2O5S/c25-20-3-1-2-4-21(20)27-33(30,31)19-10-5-16(6-11-19)7-13-23(28)26-18-9-12-22-17(15-18)8-14-24(29)32-22/h1-15,27H,(H,26,28)/b13-7+. The monoisotopic (exact) mass is 480 g/mol. The van der Waals surface area contributed by atoms with Crippen LogP contribution in [0.2, 0.25) is 5.02 Å².